The monoisotopic (exact) mass is 605 g/mol. The van der Waals surface area contributed by atoms with Gasteiger partial charge in [-0.1, -0.05) is 92.7 Å². The average Bonchev–Trinajstić information content (AvgIpc) is 3.24. The molecule has 0 aliphatic heterocycles. The number of hydrogen-bond donors (Lipinski definition) is 0. The van der Waals surface area contributed by atoms with Gasteiger partial charge in [-0.05, 0) is 89.9 Å². The summed E-state index contributed by atoms with van der Waals surface area (Å²) in [7, 11) is 3.75. The number of methoxy groups -OCH3 is 1. The van der Waals surface area contributed by atoms with Crippen molar-refractivity contribution < 1.29 is 19.0 Å². The molecule has 45 heavy (non-hydrogen) atoms. The second-order valence-corrected chi connectivity index (χ2v) is 12.0. The van der Waals surface area contributed by atoms with Crippen LogP contribution in [0.3, 0.4) is 0 Å². The molecule has 0 saturated heterocycles. The summed E-state index contributed by atoms with van der Waals surface area (Å²) in [5.41, 5.74) is 10.8. The van der Waals surface area contributed by atoms with Gasteiger partial charge in [0.25, 0.3) is 0 Å². The molecule has 236 valence electrons. The van der Waals surface area contributed by atoms with Crippen molar-refractivity contribution >= 4 is 5.97 Å². The first-order valence-electron chi connectivity index (χ1n) is 16.3. The summed E-state index contributed by atoms with van der Waals surface area (Å²) in [4.78, 5) is 14.6. The fraction of sp³-hybridized carbons (Fsp3) is 0.375. The van der Waals surface area contributed by atoms with Gasteiger partial charge in [0, 0.05) is 26.0 Å². The fourth-order valence-electron chi connectivity index (χ4n) is 6.44. The summed E-state index contributed by atoms with van der Waals surface area (Å²) in [6.45, 7) is 8.02. The number of rotatable bonds is 13. The molecule has 1 aliphatic carbocycles. The number of likely N-dealkylation sites (N-methyl/N-ethyl adjacent to an activating group) is 1. The van der Waals surface area contributed by atoms with Crippen LogP contribution in [0.15, 0.2) is 91.0 Å². The number of benzene rings is 4. The number of carbonyl (C=O) groups excluding carboxylic acids is 1. The van der Waals surface area contributed by atoms with Gasteiger partial charge >= 0.3 is 5.97 Å². The van der Waals surface area contributed by atoms with E-state index < -0.39 is 6.10 Å². The first-order chi connectivity index (χ1) is 21.9. The van der Waals surface area contributed by atoms with Gasteiger partial charge in [-0.2, -0.15) is 0 Å². The maximum absolute atomic E-state index is 12.1. The predicted molar refractivity (Wildman–Crippen MR) is 181 cm³/mol. The van der Waals surface area contributed by atoms with E-state index in [1.165, 1.54) is 46.1 Å². The van der Waals surface area contributed by atoms with Gasteiger partial charge in [-0.15, -0.1) is 0 Å². The SMILES string of the molecule is CCOC(=O)C(Cc1ccc(OCCN(C)C2c3ccc(C(C)c4ccccc4)cc3CCc3ccc(CC)cc32)cc1)OC. The molecule has 5 rings (SSSR count). The van der Waals surface area contributed by atoms with Crippen LogP contribution in [-0.2, 0) is 40.0 Å². The minimum absolute atomic E-state index is 0.157. The molecule has 0 bridgehead atoms. The summed E-state index contributed by atoms with van der Waals surface area (Å²) in [5, 5.41) is 0. The Labute approximate surface area is 269 Å². The van der Waals surface area contributed by atoms with Gasteiger partial charge < -0.3 is 14.2 Å². The molecule has 0 radical (unpaired) electrons. The van der Waals surface area contributed by atoms with Gasteiger partial charge in [-0.25, -0.2) is 4.79 Å². The number of nitrogens with zero attached hydrogens (tertiary/aromatic N) is 1. The summed E-state index contributed by atoms with van der Waals surface area (Å²) in [6, 6.07) is 33.1. The molecule has 4 aromatic carbocycles. The maximum Gasteiger partial charge on any atom is 0.335 e. The highest BCUT2D eigenvalue weighted by molar-refractivity contribution is 5.75. The largest absolute Gasteiger partial charge is 0.492 e. The van der Waals surface area contributed by atoms with Gasteiger partial charge in [0.15, 0.2) is 6.10 Å². The lowest BCUT2D eigenvalue weighted by molar-refractivity contribution is -0.154. The van der Waals surface area contributed by atoms with Crippen molar-refractivity contribution in [2.45, 2.75) is 64.5 Å². The van der Waals surface area contributed by atoms with E-state index in [9.17, 15) is 4.79 Å². The summed E-state index contributed by atoms with van der Waals surface area (Å²) in [5.74, 6) is 0.820. The molecular weight excluding hydrogens is 558 g/mol. The summed E-state index contributed by atoms with van der Waals surface area (Å²) < 4.78 is 16.7. The van der Waals surface area contributed by atoms with E-state index in [-0.39, 0.29) is 12.0 Å². The number of carbonyl (C=O) groups is 1. The first-order valence-corrected chi connectivity index (χ1v) is 16.3. The summed E-state index contributed by atoms with van der Waals surface area (Å²) in [6.07, 6.45) is 2.96. The molecule has 0 aromatic heterocycles. The average molecular weight is 606 g/mol. The maximum atomic E-state index is 12.1. The first kappa shape index (κ1) is 32.5. The van der Waals surface area contributed by atoms with Crippen LogP contribution in [0.1, 0.15) is 77.2 Å². The number of esters is 1. The number of aryl methyl sites for hydroxylation is 3. The molecule has 1 aliphatic rings. The standard InChI is InChI=1S/C40H47NO4/c1-6-29-13-16-32-17-18-34-27-33(28(3)31-11-9-8-10-12-31)19-22-36(34)39(37(32)25-29)41(4)23-24-45-35-20-14-30(15-21-35)26-38(43-5)40(42)44-7-2/h8-16,19-22,25,27-28,38-39H,6-7,17-18,23-24,26H2,1-5H3. The molecule has 0 spiro atoms. The van der Waals surface area contributed by atoms with Crippen LogP contribution in [0.2, 0.25) is 0 Å². The molecule has 3 unspecified atom stereocenters. The zero-order valence-electron chi connectivity index (χ0n) is 27.4. The van der Waals surface area contributed by atoms with Gasteiger partial charge in [0.1, 0.15) is 12.4 Å². The molecule has 0 N–H and O–H groups in total. The normalized spacial score (nSPS) is 15.5. The van der Waals surface area contributed by atoms with Crippen LogP contribution in [0.4, 0.5) is 0 Å². The molecule has 5 nitrogen and oxygen atoms in total. The van der Waals surface area contributed by atoms with E-state index in [0.29, 0.717) is 25.6 Å². The highest BCUT2D eigenvalue weighted by Crippen LogP contribution is 2.38. The summed E-state index contributed by atoms with van der Waals surface area (Å²) >= 11 is 0. The molecule has 0 saturated carbocycles. The Balaban J connectivity index is 1.32. The van der Waals surface area contributed by atoms with Gasteiger partial charge in [0.05, 0.1) is 12.6 Å². The number of hydrogen-bond acceptors (Lipinski definition) is 5. The van der Waals surface area contributed by atoms with E-state index in [1.54, 1.807) is 6.92 Å². The van der Waals surface area contributed by atoms with Crippen LogP contribution in [0.5, 0.6) is 5.75 Å². The van der Waals surface area contributed by atoms with Crippen molar-refractivity contribution in [1.29, 1.82) is 0 Å². The Kier molecular flexibility index (Phi) is 11.1. The van der Waals surface area contributed by atoms with E-state index in [0.717, 1.165) is 37.1 Å². The third-order valence-electron chi connectivity index (χ3n) is 9.17. The van der Waals surface area contributed by atoms with E-state index >= 15 is 0 Å². The van der Waals surface area contributed by atoms with Crippen LogP contribution in [0.25, 0.3) is 0 Å². The lowest BCUT2D eigenvalue weighted by Crippen LogP contribution is -2.30. The fourth-order valence-corrected chi connectivity index (χ4v) is 6.44. The Hall–Kier alpha value is -3.93. The smallest absolute Gasteiger partial charge is 0.335 e. The predicted octanol–water partition coefficient (Wildman–Crippen LogP) is 7.72. The van der Waals surface area contributed by atoms with Crippen molar-refractivity contribution in [1.82, 2.24) is 4.90 Å². The molecule has 0 fully saturated rings. The van der Waals surface area contributed by atoms with Crippen molar-refractivity contribution in [2.24, 2.45) is 0 Å². The van der Waals surface area contributed by atoms with Gasteiger partial charge in [-0.3, -0.25) is 4.90 Å². The van der Waals surface area contributed by atoms with Crippen LogP contribution in [0, 0.1) is 0 Å². The highest BCUT2D eigenvalue weighted by atomic mass is 16.6. The van der Waals surface area contributed by atoms with E-state index in [4.69, 9.17) is 14.2 Å². The van der Waals surface area contributed by atoms with Crippen molar-refractivity contribution in [3.05, 3.63) is 136 Å². The lowest BCUT2D eigenvalue weighted by Gasteiger charge is -2.31. The Bertz CT molecular complexity index is 1550. The van der Waals surface area contributed by atoms with Gasteiger partial charge in [0.2, 0.25) is 0 Å². The van der Waals surface area contributed by atoms with E-state index in [2.05, 4.69) is 92.5 Å². The van der Waals surface area contributed by atoms with Crippen LogP contribution >= 0.6 is 0 Å². The van der Waals surface area contributed by atoms with Crippen molar-refractivity contribution in [2.75, 3.05) is 33.9 Å². The molecule has 5 heteroatoms. The zero-order valence-corrected chi connectivity index (χ0v) is 27.4. The van der Waals surface area contributed by atoms with Crippen molar-refractivity contribution in [3.8, 4) is 5.75 Å². The molecule has 0 amide bonds. The minimum Gasteiger partial charge on any atom is -0.492 e. The number of ether oxygens (including phenoxy) is 3. The van der Waals surface area contributed by atoms with Crippen molar-refractivity contribution in [3.63, 3.8) is 0 Å². The minimum atomic E-state index is -0.610. The zero-order chi connectivity index (χ0) is 31.8. The Morgan fingerprint density at radius 3 is 2.29 bits per heavy atom. The van der Waals surface area contributed by atoms with Crippen LogP contribution < -0.4 is 4.74 Å². The topological polar surface area (TPSA) is 48.0 Å². The quantitative estimate of drug-likeness (QED) is 0.146. The van der Waals surface area contributed by atoms with Crippen LogP contribution in [-0.4, -0.2) is 50.9 Å². The molecular formula is C40H47NO4. The second-order valence-electron chi connectivity index (χ2n) is 12.0. The highest BCUT2D eigenvalue weighted by Gasteiger charge is 2.28. The third kappa shape index (κ3) is 7.84. The molecule has 0 heterocycles. The third-order valence-corrected chi connectivity index (χ3v) is 9.17. The Morgan fingerprint density at radius 1 is 0.844 bits per heavy atom. The number of fused-ring (bicyclic) bond motifs is 2. The second kappa shape index (κ2) is 15.4. The molecule has 3 atom stereocenters. The Morgan fingerprint density at radius 2 is 1.58 bits per heavy atom. The van der Waals surface area contributed by atoms with E-state index in [1.807, 2.05) is 24.3 Å². The molecule has 4 aromatic rings. The lowest BCUT2D eigenvalue weighted by atomic mass is 9.87.